The Balaban J connectivity index is 2.62. The molecule has 0 amide bonds. The first-order valence-electron chi connectivity index (χ1n) is 6.50. The SMILES string of the molecule is CC(C)(C)CCS(=O)(=O)NCc1cccc(C(=N)N)c1. The second-order valence-corrected chi connectivity index (χ2v) is 7.99. The van der Waals surface area contributed by atoms with Crippen molar-refractivity contribution in [1.29, 1.82) is 5.41 Å². The molecular weight excluding hydrogens is 274 g/mol. The molecule has 112 valence electrons. The van der Waals surface area contributed by atoms with Crippen LogP contribution in [0.5, 0.6) is 0 Å². The van der Waals surface area contributed by atoms with Crippen LogP contribution in [0.15, 0.2) is 24.3 Å². The molecule has 0 unspecified atom stereocenters. The van der Waals surface area contributed by atoms with Gasteiger partial charge in [-0.3, -0.25) is 5.41 Å². The summed E-state index contributed by atoms with van der Waals surface area (Å²) in [5.41, 5.74) is 6.78. The molecule has 6 heteroatoms. The third-order valence-electron chi connectivity index (χ3n) is 2.85. The number of nitrogen functional groups attached to an aromatic ring is 1. The predicted octanol–water partition coefficient (Wildman–Crippen LogP) is 1.83. The van der Waals surface area contributed by atoms with Gasteiger partial charge in [0.1, 0.15) is 5.84 Å². The van der Waals surface area contributed by atoms with E-state index in [9.17, 15) is 8.42 Å². The highest BCUT2D eigenvalue weighted by atomic mass is 32.2. The van der Waals surface area contributed by atoms with Gasteiger partial charge in [-0.2, -0.15) is 0 Å². The van der Waals surface area contributed by atoms with Crippen molar-refractivity contribution in [2.24, 2.45) is 11.1 Å². The van der Waals surface area contributed by atoms with Crippen LogP contribution in [-0.4, -0.2) is 20.0 Å². The zero-order valence-electron chi connectivity index (χ0n) is 12.2. The molecular formula is C14H23N3O2S. The van der Waals surface area contributed by atoms with Crippen LogP contribution in [0.25, 0.3) is 0 Å². The summed E-state index contributed by atoms with van der Waals surface area (Å²) in [6.45, 7) is 6.25. The lowest BCUT2D eigenvalue weighted by Gasteiger charge is -2.17. The second kappa shape index (κ2) is 6.37. The van der Waals surface area contributed by atoms with E-state index >= 15 is 0 Å². The summed E-state index contributed by atoms with van der Waals surface area (Å²) in [5.74, 6) is 0.0885. The van der Waals surface area contributed by atoms with E-state index in [1.807, 2.05) is 20.8 Å². The molecule has 0 saturated heterocycles. The smallest absolute Gasteiger partial charge is 0.211 e. The van der Waals surface area contributed by atoms with E-state index in [4.69, 9.17) is 11.1 Å². The number of hydrogen-bond acceptors (Lipinski definition) is 3. The number of benzene rings is 1. The molecule has 1 aromatic rings. The van der Waals surface area contributed by atoms with Crippen LogP contribution in [0.2, 0.25) is 0 Å². The quantitative estimate of drug-likeness (QED) is 0.552. The Morgan fingerprint density at radius 3 is 2.55 bits per heavy atom. The summed E-state index contributed by atoms with van der Waals surface area (Å²) >= 11 is 0. The number of sulfonamides is 1. The Kier molecular flexibility index (Phi) is 5.30. The molecule has 0 saturated carbocycles. The van der Waals surface area contributed by atoms with Gasteiger partial charge < -0.3 is 5.73 Å². The van der Waals surface area contributed by atoms with Gasteiger partial charge in [-0.05, 0) is 23.5 Å². The minimum atomic E-state index is -3.28. The van der Waals surface area contributed by atoms with E-state index < -0.39 is 10.0 Å². The van der Waals surface area contributed by atoms with Crippen LogP contribution >= 0.6 is 0 Å². The van der Waals surface area contributed by atoms with E-state index in [0.717, 1.165) is 5.56 Å². The average Bonchev–Trinajstić information content (AvgIpc) is 2.34. The number of nitrogens with two attached hydrogens (primary N) is 1. The van der Waals surface area contributed by atoms with Gasteiger partial charge in [0.05, 0.1) is 5.75 Å². The van der Waals surface area contributed by atoms with Crippen LogP contribution in [0, 0.1) is 10.8 Å². The van der Waals surface area contributed by atoms with Crippen LogP contribution in [0.3, 0.4) is 0 Å². The Bertz CT molecular complexity index is 574. The van der Waals surface area contributed by atoms with Crippen LogP contribution in [0.4, 0.5) is 0 Å². The molecule has 0 bridgehead atoms. The Morgan fingerprint density at radius 2 is 2.00 bits per heavy atom. The second-order valence-electron chi connectivity index (χ2n) is 6.06. The van der Waals surface area contributed by atoms with E-state index in [1.54, 1.807) is 24.3 Å². The zero-order chi connectivity index (χ0) is 15.4. The van der Waals surface area contributed by atoms with Gasteiger partial charge in [-0.15, -0.1) is 0 Å². The van der Waals surface area contributed by atoms with Gasteiger partial charge >= 0.3 is 0 Å². The van der Waals surface area contributed by atoms with Crippen molar-refractivity contribution in [3.63, 3.8) is 0 Å². The van der Waals surface area contributed by atoms with Crippen LogP contribution in [-0.2, 0) is 16.6 Å². The highest BCUT2D eigenvalue weighted by molar-refractivity contribution is 7.89. The zero-order valence-corrected chi connectivity index (χ0v) is 13.0. The third-order valence-corrected chi connectivity index (χ3v) is 4.18. The molecule has 0 radical (unpaired) electrons. The Labute approximate surface area is 121 Å². The lowest BCUT2D eigenvalue weighted by atomic mass is 9.94. The molecule has 4 N–H and O–H groups in total. The summed E-state index contributed by atoms with van der Waals surface area (Å²) in [7, 11) is -3.28. The molecule has 0 aliphatic carbocycles. The van der Waals surface area contributed by atoms with Crippen molar-refractivity contribution in [2.45, 2.75) is 33.7 Å². The van der Waals surface area contributed by atoms with Crippen molar-refractivity contribution in [2.75, 3.05) is 5.75 Å². The molecule has 0 spiro atoms. The topological polar surface area (TPSA) is 96.0 Å². The first-order valence-corrected chi connectivity index (χ1v) is 8.15. The van der Waals surface area contributed by atoms with Gasteiger partial charge in [0.2, 0.25) is 10.0 Å². The highest BCUT2D eigenvalue weighted by Gasteiger charge is 2.17. The minimum Gasteiger partial charge on any atom is -0.384 e. The normalized spacial score (nSPS) is 12.3. The Morgan fingerprint density at radius 1 is 1.35 bits per heavy atom. The molecule has 0 fully saturated rings. The van der Waals surface area contributed by atoms with E-state index in [-0.39, 0.29) is 23.5 Å². The largest absolute Gasteiger partial charge is 0.384 e. The monoisotopic (exact) mass is 297 g/mol. The maximum atomic E-state index is 11.9. The summed E-state index contributed by atoms with van der Waals surface area (Å²) < 4.78 is 26.4. The van der Waals surface area contributed by atoms with Crippen molar-refractivity contribution in [1.82, 2.24) is 4.72 Å². The molecule has 0 atom stereocenters. The highest BCUT2D eigenvalue weighted by Crippen LogP contribution is 2.19. The van der Waals surface area contributed by atoms with Crippen LogP contribution in [0.1, 0.15) is 38.3 Å². The average molecular weight is 297 g/mol. The van der Waals surface area contributed by atoms with E-state index in [2.05, 4.69) is 4.72 Å². The van der Waals surface area contributed by atoms with Gasteiger partial charge in [0, 0.05) is 12.1 Å². The fourth-order valence-electron chi connectivity index (χ4n) is 1.55. The predicted molar refractivity (Wildman–Crippen MR) is 82.2 cm³/mol. The molecule has 0 heterocycles. The van der Waals surface area contributed by atoms with Crippen LogP contribution < -0.4 is 10.5 Å². The fourth-order valence-corrected chi connectivity index (χ4v) is 2.97. The number of rotatable bonds is 6. The van der Waals surface area contributed by atoms with Crippen molar-refractivity contribution in [3.05, 3.63) is 35.4 Å². The molecule has 0 aromatic heterocycles. The van der Waals surface area contributed by atoms with E-state index in [0.29, 0.717) is 12.0 Å². The summed E-state index contributed by atoms with van der Waals surface area (Å²) in [5, 5.41) is 7.36. The lowest BCUT2D eigenvalue weighted by Crippen LogP contribution is -2.28. The number of amidine groups is 1. The maximum Gasteiger partial charge on any atom is 0.211 e. The number of hydrogen-bond donors (Lipinski definition) is 3. The summed E-state index contributed by atoms with van der Waals surface area (Å²) in [6, 6.07) is 7.00. The minimum absolute atomic E-state index is 0.0106. The standard InChI is InChI=1S/C14H23N3O2S/c1-14(2,3)7-8-20(18,19)17-10-11-5-4-6-12(9-11)13(15)16/h4-6,9,17H,7-8,10H2,1-3H3,(H3,15,16). The number of nitrogens with one attached hydrogen (secondary N) is 2. The molecule has 1 rings (SSSR count). The third kappa shape index (κ3) is 6.16. The first-order chi connectivity index (χ1) is 9.09. The molecule has 1 aromatic carbocycles. The van der Waals surface area contributed by atoms with Gasteiger partial charge in [-0.1, -0.05) is 39.0 Å². The molecule has 0 aliphatic heterocycles. The van der Waals surface area contributed by atoms with Crippen molar-refractivity contribution < 1.29 is 8.42 Å². The molecule has 0 aliphatic rings. The van der Waals surface area contributed by atoms with Gasteiger partial charge in [-0.25, -0.2) is 13.1 Å². The summed E-state index contributed by atoms with van der Waals surface area (Å²) in [4.78, 5) is 0. The fraction of sp³-hybridized carbons (Fsp3) is 0.500. The summed E-state index contributed by atoms with van der Waals surface area (Å²) in [6.07, 6.45) is 0.607. The molecule has 5 nitrogen and oxygen atoms in total. The van der Waals surface area contributed by atoms with Gasteiger partial charge in [0.15, 0.2) is 0 Å². The lowest BCUT2D eigenvalue weighted by molar-refractivity contribution is 0.396. The van der Waals surface area contributed by atoms with Crippen molar-refractivity contribution >= 4 is 15.9 Å². The molecule has 20 heavy (non-hydrogen) atoms. The first kappa shape index (κ1) is 16.7. The van der Waals surface area contributed by atoms with Crippen molar-refractivity contribution in [3.8, 4) is 0 Å². The van der Waals surface area contributed by atoms with E-state index in [1.165, 1.54) is 0 Å². The maximum absolute atomic E-state index is 11.9. The van der Waals surface area contributed by atoms with Gasteiger partial charge in [0.25, 0.3) is 0 Å². The Hall–Kier alpha value is -1.40.